The number of carbonyl (C=O) groups is 6. The fraction of sp³-hybridized carbons (Fsp3) is 0.611. The fourth-order valence-corrected chi connectivity index (χ4v) is 2.57. The summed E-state index contributed by atoms with van der Waals surface area (Å²) in [6.07, 6.45) is -1.00. The van der Waals surface area contributed by atoms with E-state index in [0.29, 0.717) is 0 Å². The number of amides is 5. The first-order valence-electron chi connectivity index (χ1n) is 10.3. The Morgan fingerprint density at radius 1 is 0.794 bits per heavy atom. The van der Waals surface area contributed by atoms with E-state index < -0.39 is 66.1 Å². The number of carbonyl (C=O) groups excluding carboxylic acids is 5. The van der Waals surface area contributed by atoms with Gasteiger partial charge in [-0.2, -0.15) is 0 Å². The highest BCUT2D eigenvalue weighted by Gasteiger charge is 2.30. The normalized spacial score (nSPS) is 13.9. The lowest BCUT2D eigenvalue weighted by molar-refractivity contribution is -0.142. The fourth-order valence-electron chi connectivity index (χ4n) is 2.57. The maximum absolute atomic E-state index is 12.8. The molecule has 0 aliphatic rings. The maximum Gasteiger partial charge on any atom is 0.326 e. The molecule has 16 nitrogen and oxygen atoms in total. The molecule has 0 bridgehead atoms. The van der Waals surface area contributed by atoms with Crippen molar-refractivity contribution in [2.75, 3.05) is 6.54 Å². The summed E-state index contributed by atoms with van der Waals surface area (Å²) in [7, 11) is 0. The minimum atomic E-state index is -1.56. The molecule has 0 aromatic rings. The molecule has 5 amide bonds. The van der Waals surface area contributed by atoms with Crippen LogP contribution < -0.4 is 44.6 Å². The lowest BCUT2D eigenvalue weighted by atomic mass is 10.1. The van der Waals surface area contributed by atoms with Gasteiger partial charge in [-0.25, -0.2) is 4.79 Å². The average molecular weight is 488 g/mol. The molecule has 0 heterocycles. The molecule has 0 radical (unpaired) electrons. The van der Waals surface area contributed by atoms with E-state index in [1.165, 1.54) is 6.92 Å². The van der Waals surface area contributed by atoms with Gasteiger partial charge in [-0.05, 0) is 26.2 Å². The summed E-state index contributed by atoms with van der Waals surface area (Å²) in [5.41, 5.74) is 26.1. The molecule has 0 aliphatic heterocycles. The Labute approximate surface area is 195 Å². The molecule has 4 unspecified atom stereocenters. The topological polar surface area (TPSA) is 301 Å². The smallest absolute Gasteiger partial charge is 0.326 e. The minimum absolute atomic E-state index is 0.0440. The van der Waals surface area contributed by atoms with Crippen LogP contribution in [0.1, 0.15) is 39.0 Å². The molecule has 0 fully saturated rings. The van der Waals surface area contributed by atoms with Gasteiger partial charge in [-0.15, -0.1) is 0 Å². The van der Waals surface area contributed by atoms with Crippen LogP contribution in [0.3, 0.4) is 0 Å². The van der Waals surface area contributed by atoms with Crippen LogP contribution in [0.4, 0.5) is 0 Å². The van der Waals surface area contributed by atoms with Crippen molar-refractivity contribution < 1.29 is 33.9 Å². The van der Waals surface area contributed by atoms with Crippen LogP contribution in [0.15, 0.2) is 4.99 Å². The van der Waals surface area contributed by atoms with Crippen molar-refractivity contribution in [1.29, 1.82) is 0 Å². The number of primary amides is 2. The maximum atomic E-state index is 12.8. The van der Waals surface area contributed by atoms with Gasteiger partial charge in [-0.1, -0.05) is 0 Å². The van der Waals surface area contributed by atoms with Crippen molar-refractivity contribution in [2.45, 2.75) is 63.2 Å². The quantitative estimate of drug-likeness (QED) is 0.0567. The molecule has 0 saturated heterocycles. The molecule has 0 aromatic heterocycles. The van der Waals surface area contributed by atoms with E-state index >= 15 is 0 Å². The number of carboxylic acids is 1. The number of carboxylic acid groups (broad SMARTS) is 1. The second kappa shape index (κ2) is 15.0. The van der Waals surface area contributed by atoms with Crippen LogP contribution in [0, 0.1) is 0 Å². The summed E-state index contributed by atoms with van der Waals surface area (Å²) in [4.78, 5) is 74.9. The Bertz CT molecular complexity index is 797. The van der Waals surface area contributed by atoms with Crippen molar-refractivity contribution in [2.24, 2.45) is 33.7 Å². The van der Waals surface area contributed by atoms with Gasteiger partial charge in [0.1, 0.15) is 18.1 Å². The van der Waals surface area contributed by atoms with Crippen LogP contribution in [-0.4, -0.2) is 77.3 Å². The predicted octanol–water partition coefficient (Wildman–Crippen LogP) is -4.93. The monoisotopic (exact) mass is 487 g/mol. The summed E-state index contributed by atoms with van der Waals surface area (Å²) >= 11 is 0. The van der Waals surface area contributed by atoms with Gasteiger partial charge in [0, 0.05) is 13.0 Å². The zero-order valence-electron chi connectivity index (χ0n) is 18.8. The molecular formula is C18H33N9O7. The standard InChI is InChI=1S/C18H33N9O7/c1-8(19)14(30)25-9(3-2-6-24-18(22)23)15(31)27-11(7-13(21)29)16(32)26-10(17(33)34)4-5-12(20)28/h8-11H,2-7,19H2,1H3,(H2,20,28)(H2,21,29)(H,25,30)(H,26,32)(H,27,31)(H,33,34)(H4,22,23,24). The van der Waals surface area contributed by atoms with E-state index in [-0.39, 0.29) is 38.2 Å². The summed E-state index contributed by atoms with van der Waals surface area (Å²) in [6.45, 7) is 1.54. The van der Waals surface area contributed by atoms with Crippen molar-refractivity contribution >= 4 is 41.5 Å². The molecule has 0 aromatic carbocycles. The van der Waals surface area contributed by atoms with Gasteiger partial charge in [0.15, 0.2) is 5.96 Å². The van der Waals surface area contributed by atoms with Crippen LogP contribution in [0.5, 0.6) is 0 Å². The number of hydrogen-bond acceptors (Lipinski definition) is 8. The molecule has 16 heteroatoms. The highest BCUT2D eigenvalue weighted by Crippen LogP contribution is 2.04. The lowest BCUT2D eigenvalue weighted by Crippen LogP contribution is -2.57. The van der Waals surface area contributed by atoms with Gasteiger partial charge >= 0.3 is 5.97 Å². The zero-order valence-corrected chi connectivity index (χ0v) is 18.8. The second-order valence-corrected chi connectivity index (χ2v) is 7.43. The third-order valence-corrected chi connectivity index (χ3v) is 4.32. The highest BCUT2D eigenvalue weighted by molar-refractivity contribution is 5.96. The molecule has 14 N–H and O–H groups in total. The SMILES string of the molecule is CC(N)C(=O)NC(CCCN=C(N)N)C(=O)NC(CC(N)=O)C(=O)NC(CCC(N)=O)C(=O)O. The van der Waals surface area contributed by atoms with E-state index in [4.69, 9.17) is 28.7 Å². The Kier molecular flexibility index (Phi) is 13.2. The first kappa shape index (κ1) is 30.1. The average Bonchev–Trinajstić information content (AvgIpc) is 2.71. The lowest BCUT2D eigenvalue weighted by Gasteiger charge is -2.24. The Balaban J connectivity index is 5.50. The number of aliphatic imine (C=N–C) groups is 1. The third kappa shape index (κ3) is 12.8. The van der Waals surface area contributed by atoms with Gasteiger partial charge in [0.25, 0.3) is 0 Å². The summed E-state index contributed by atoms with van der Waals surface area (Å²) in [5, 5.41) is 16.1. The third-order valence-electron chi connectivity index (χ3n) is 4.32. The van der Waals surface area contributed by atoms with Crippen molar-refractivity contribution in [3.8, 4) is 0 Å². The first-order chi connectivity index (χ1) is 15.7. The van der Waals surface area contributed by atoms with Crippen LogP contribution in [0.2, 0.25) is 0 Å². The second-order valence-electron chi connectivity index (χ2n) is 7.43. The molecule has 0 spiro atoms. The molecular weight excluding hydrogens is 454 g/mol. The highest BCUT2D eigenvalue weighted by atomic mass is 16.4. The summed E-state index contributed by atoms with van der Waals surface area (Å²) in [6, 6.07) is -5.20. The van der Waals surface area contributed by atoms with Crippen molar-refractivity contribution in [3.05, 3.63) is 0 Å². The number of aliphatic carboxylic acids is 1. The van der Waals surface area contributed by atoms with Gasteiger partial charge in [0.2, 0.25) is 29.5 Å². The van der Waals surface area contributed by atoms with E-state index in [9.17, 15) is 33.9 Å². The van der Waals surface area contributed by atoms with E-state index in [1.807, 2.05) is 0 Å². The Morgan fingerprint density at radius 3 is 1.79 bits per heavy atom. The van der Waals surface area contributed by atoms with E-state index in [2.05, 4.69) is 20.9 Å². The van der Waals surface area contributed by atoms with Crippen molar-refractivity contribution in [3.63, 3.8) is 0 Å². The van der Waals surface area contributed by atoms with Crippen LogP contribution in [0.25, 0.3) is 0 Å². The largest absolute Gasteiger partial charge is 0.480 e. The number of hydrogen-bond donors (Lipinski definition) is 9. The molecule has 34 heavy (non-hydrogen) atoms. The zero-order chi connectivity index (χ0) is 26.4. The minimum Gasteiger partial charge on any atom is -0.480 e. The van der Waals surface area contributed by atoms with Crippen LogP contribution in [-0.2, 0) is 28.8 Å². The van der Waals surface area contributed by atoms with Gasteiger partial charge in [0.05, 0.1) is 12.5 Å². The van der Waals surface area contributed by atoms with E-state index in [0.717, 1.165) is 0 Å². The molecule has 192 valence electrons. The number of rotatable bonds is 16. The summed E-state index contributed by atoms with van der Waals surface area (Å²) < 4.78 is 0. The summed E-state index contributed by atoms with van der Waals surface area (Å²) in [5.74, 6) is -5.92. The Hall–Kier alpha value is -3.95. The molecule has 4 atom stereocenters. The van der Waals surface area contributed by atoms with Crippen molar-refractivity contribution in [1.82, 2.24) is 16.0 Å². The predicted molar refractivity (Wildman–Crippen MR) is 119 cm³/mol. The molecule has 0 saturated carbocycles. The molecule has 0 rings (SSSR count). The number of nitrogens with two attached hydrogens (primary N) is 5. The number of nitrogens with one attached hydrogen (secondary N) is 3. The number of guanidine groups is 1. The van der Waals surface area contributed by atoms with Gasteiger partial charge in [-0.3, -0.25) is 29.0 Å². The number of nitrogens with zero attached hydrogens (tertiary/aromatic N) is 1. The van der Waals surface area contributed by atoms with Gasteiger partial charge < -0.3 is 49.7 Å². The molecule has 0 aliphatic carbocycles. The van der Waals surface area contributed by atoms with E-state index in [1.54, 1.807) is 0 Å². The first-order valence-corrected chi connectivity index (χ1v) is 10.3. The Morgan fingerprint density at radius 2 is 1.32 bits per heavy atom. The van der Waals surface area contributed by atoms with Crippen LogP contribution >= 0.6 is 0 Å².